The molecule has 0 saturated carbocycles. The molecule has 0 radical (unpaired) electrons. The molecule has 0 bridgehead atoms. The number of halogens is 2. The van der Waals surface area contributed by atoms with Crippen LogP contribution in [0.3, 0.4) is 0 Å². The zero-order chi connectivity index (χ0) is 15.6. The average molecular weight is 321 g/mol. The highest BCUT2D eigenvalue weighted by atomic mass is 35.5. The molecule has 21 heavy (non-hydrogen) atoms. The van der Waals surface area contributed by atoms with Crippen LogP contribution in [0.2, 0.25) is 10.0 Å². The SMILES string of the molecule is Cc1ccc(CC(C)c2c(Cl)cccc2Cl)cc1C(C)C. The van der Waals surface area contributed by atoms with Gasteiger partial charge >= 0.3 is 0 Å². The van der Waals surface area contributed by atoms with E-state index in [4.69, 9.17) is 23.2 Å². The molecule has 112 valence electrons. The summed E-state index contributed by atoms with van der Waals surface area (Å²) in [5.41, 5.74) is 5.17. The highest BCUT2D eigenvalue weighted by Gasteiger charge is 2.15. The fraction of sp³-hybridized carbons (Fsp3) is 0.368. The maximum absolute atomic E-state index is 6.31. The molecule has 0 spiro atoms. The van der Waals surface area contributed by atoms with Crippen molar-refractivity contribution in [2.45, 2.75) is 46.0 Å². The molecule has 0 aliphatic carbocycles. The van der Waals surface area contributed by atoms with Crippen LogP contribution >= 0.6 is 23.2 Å². The number of hydrogen-bond donors (Lipinski definition) is 0. The van der Waals surface area contributed by atoms with Gasteiger partial charge in [0.05, 0.1) is 0 Å². The van der Waals surface area contributed by atoms with E-state index >= 15 is 0 Å². The van der Waals surface area contributed by atoms with Crippen LogP contribution in [-0.2, 0) is 6.42 Å². The number of hydrogen-bond acceptors (Lipinski definition) is 0. The van der Waals surface area contributed by atoms with Crippen molar-refractivity contribution in [1.82, 2.24) is 0 Å². The number of rotatable bonds is 4. The molecule has 2 aromatic rings. The van der Waals surface area contributed by atoms with Crippen LogP contribution in [0.1, 0.15) is 54.9 Å². The second-order valence-electron chi connectivity index (χ2n) is 6.09. The summed E-state index contributed by atoms with van der Waals surface area (Å²) < 4.78 is 0. The number of aryl methyl sites for hydroxylation is 1. The highest BCUT2D eigenvalue weighted by Crippen LogP contribution is 2.33. The lowest BCUT2D eigenvalue weighted by atomic mass is 9.90. The first-order valence-corrected chi connectivity index (χ1v) is 8.19. The maximum Gasteiger partial charge on any atom is 0.0455 e. The molecular weight excluding hydrogens is 299 g/mol. The van der Waals surface area contributed by atoms with Gasteiger partial charge < -0.3 is 0 Å². The summed E-state index contributed by atoms with van der Waals surface area (Å²) in [5.74, 6) is 0.845. The lowest BCUT2D eigenvalue weighted by Crippen LogP contribution is -2.02. The van der Waals surface area contributed by atoms with Gasteiger partial charge in [-0.3, -0.25) is 0 Å². The zero-order valence-corrected chi connectivity index (χ0v) is 14.6. The molecule has 0 aromatic heterocycles. The lowest BCUT2D eigenvalue weighted by Gasteiger charge is -2.17. The van der Waals surface area contributed by atoms with Gasteiger partial charge in [0.15, 0.2) is 0 Å². The van der Waals surface area contributed by atoms with E-state index in [1.807, 2.05) is 18.2 Å². The minimum atomic E-state index is 0.300. The minimum absolute atomic E-state index is 0.300. The monoisotopic (exact) mass is 320 g/mol. The third-order valence-electron chi connectivity index (χ3n) is 4.00. The van der Waals surface area contributed by atoms with Crippen LogP contribution in [0.4, 0.5) is 0 Å². The van der Waals surface area contributed by atoms with Crippen molar-refractivity contribution in [2.75, 3.05) is 0 Å². The summed E-state index contributed by atoms with van der Waals surface area (Å²) in [7, 11) is 0. The van der Waals surface area contributed by atoms with Gasteiger partial charge in [0.25, 0.3) is 0 Å². The highest BCUT2D eigenvalue weighted by molar-refractivity contribution is 6.36. The molecule has 2 heteroatoms. The number of benzene rings is 2. The molecule has 0 fully saturated rings. The van der Waals surface area contributed by atoms with Crippen LogP contribution in [0.25, 0.3) is 0 Å². The van der Waals surface area contributed by atoms with E-state index in [-0.39, 0.29) is 0 Å². The topological polar surface area (TPSA) is 0 Å². The summed E-state index contributed by atoms with van der Waals surface area (Å²) in [4.78, 5) is 0. The molecule has 1 atom stereocenters. The van der Waals surface area contributed by atoms with Gasteiger partial charge in [-0.05, 0) is 59.6 Å². The maximum atomic E-state index is 6.31. The van der Waals surface area contributed by atoms with Crippen LogP contribution in [0.5, 0.6) is 0 Å². The Morgan fingerprint density at radius 1 is 0.952 bits per heavy atom. The van der Waals surface area contributed by atoms with E-state index in [1.165, 1.54) is 16.7 Å². The van der Waals surface area contributed by atoms with Gasteiger partial charge in [0, 0.05) is 10.0 Å². The Morgan fingerprint density at radius 3 is 2.14 bits per heavy atom. The fourth-order valence-electron chi connectivity index (χ4n) is 2.88. The Kier molecular flexibility index (Phi) is 5.35. The predicted octanol–water partition coefficient (Wildman–Crippen LogP) is 6.77. The molecule has 0 nitrogen and oxygen atoms in total. The van der Waals surface area contributed by atoms with E-state index in [0.29, 0.717) is 11.8 Å². The molecule has 2 rings (SSSR count). The smallest absolute Gasteiger partial charge is 0.0455 e. The van der Waals surface area contributed by atoms with Crippen LogP contribution in [0, 0.1) is 6.92 Å². The third-order valence-corrected chi connectivity index (χ3v) is 4.66. The summed E-state index contributed by atoms with van der Waals surface area (Å²) in [5, 5.41) is 1.51. The standard InChI is InChI=1S/C19H22Cl2/c1-12(2)16-11-15(9-8-13(16)3)10-14(4)19-17(20)6-5-7-18(19)21/h5-9,11-12,14H,10H2,1-4H3. The van der Waals surface area contributed by atoms with Crippen LogP contribution in [-0.4, -0.2) is 0 Å². The summed E-state index contributed by atoms with van der Waals surface area (Å²) >= 11 is 12.6. The van der Waals surface area contributed by atoms with Crippen molar-refractivity contribution in [3.8, 4) is 0 Å². The third kappa shape index (κ3) is 3.81. The Bertz CT molecular complexity index is 609. The van der Waals surface area contributed by atoms with Crippen molar-refractivity contribution in [3.05, 3.63) is 68.7 Å². The zero-order valence-electron chi connectivity index (χ0n) is 13.1. The molecule has 2 aromatic carbocycles. The predicted molar refractivity (Wildman–Crippen MR) is 93.8 cm³/mol. The van der Waals surface area contributed by atoms with Crippen molar-refractivity contribution < 1.29 is 0 Å². The lowest BCUT2D eigenvalue weighted by molar-refractivity contribution is 0.754. The Labute approximate surface area is 138 Å². The first-order chi connectivity index (χ1) is 9.90. The first kappa shape index (κ1) is 16.4. The van der Waals surface area contributed by atoms with Gasteiger partial charge in [-0.15, -0.1) is 0 Å². The molecule has 0 amide bonds. The van der Waals surface area contributed by atoms with Gasteiger partial charge in [0.2, 0.25) is 0 Å². The van der Waals surface area contributed by atoms with E-state index in [9.17, 15) is 0 Å². The molecule has 0 N–H and O–H groups in total. The molecule has 0 heterocycles. The van der Waals surface area contributed by atoms with Gasteiger partial charge in [-0.1, -0.05) is 68.2 Å². The van der Waals surface area contributed by atoms with Gasteiger partial charge in [-0.2, -0.15) is 0 Å². The molecule has 0 aliphatic rings. The Balaban J connectivity index is 2.28. The Hall–Kier alpha value is -0.980. The van der Waals surface area contributed by atoms with Crippen molar-refractivity contribution in [1.29, 1.82) is 0 Å². The Morgan fingerprint density at radius 2 is 1.57 bits per heavy atom. The van der Waals surface area contributed by atoms with E-state index in [1.54, 1.807) is 0 Å². The molecule has 0 saturated heterocycles. The van der Waals surface area contributed by atoms with E-state index in [2.05, 4.69) is 45.9 Å². The summed E-state index contributed by atoms with van der Waals surface area (Å²) in [6.07, 6.45) is 0.948. The van der Waals surface area contributed by atoms with Gasteiger partial charge in [-0.25, -0.2) is 0 Å². The van der Waals surface area contributed by atoms with Crippen molar-refractivity contribution in [2.24, 2.45) is 0 Å². The summed E-state index contributed by atoms with van der Waals surface area (Å²) in [6.45, 7) is 8.83. The minimum Gasteiger partial charge on any atom is -0.0840 e. The van der Waals surface area contributed by atoms with Gasteiger partial charge in [0.1, 0.15) is 0 Å². The molecule has 0 aliphatic heterocycles. The second-order valence-corrected chi connectivity index (χ2v) is 6.90. The first-order valence-electron chi connectivity index (χ1n) is 7.43. The second kappa shape index (κ2) is 6.85. The summed E-state index contributed by atoms with van der Waals surface area (Å²) in [6, 6.07) is 12.5. The van der Waals surface area contributed by atoms with Crippen LogP contribution in [0.15, 0.2) is 36.4 Å². The van der Waals surface area contributed by atoms with Crippen molar-refractivity contribution in [3.63, 3.8) is 0 Å². The normalized spacial score (nSPS) is 12.7. The molecule has 1 unspecified atom stereocenters. The van der Waals surface area contributed by atoms with E-state index in [0.717, 1.165) is 22.0 Å². The largest absolute Gasteiger partial charge is 0.0840 e. The van der Waals surface area contributed by atoms with E-state index < -0.39 is 0 Å². The van der Waals surface area contributed by atoms with Crippen LogP contribution < -0.4 is 0 Å². The quantitative estimate of drug-likeness (QED) is 0.583. The molecular formula is C19H22Cl2. The fourth-order valence-corrected chi connectivity index (χ4v) is 3.65. The van der Waals surface area contributed by atoms with Crippen molar-refractivity contribution >= 4 is 23.2 Å². The average Bonchev–Trinajstić information content (AvgIpc) is 2.40.